The van der Waals surface area contributed by atoms with Gasteiger partial charge in [0.15, 0.2) is 5.82 Å². The number of rotatable bonds is 2. The van der Waals surface area contributed by atoms with E-state index in [4.69, 9.17) is 5.73 Å². The molecule has 84 valence electrons. The quantitative estimate of drug-likeness (QED) is 0.906. The van der Waals surface area contributed by atoms with Gasteiger partial charge in [-0.2, -0.15) is 4.68 Å². The van der Waals surface area contributed by atoms with E-state index >= 15 is 0 Å². The van der Waals surface area contributed by atoms with Crippen molar-refractivity contribution in [2.75, 3.05) is 0 Å². The van der Waals surface area contributed by atoms with E-state index < -0.39 is 0 Å². The molecule has 2 rings (SSSR count). The van der Waals surface area contributed by atoms with E-state index in [9.17, 15) is 0 Å². The van der Waals surface area contributed by atoms with Crippen molar-refractivity contribution < 1.29 is 0 Å². The van der Waals surface area contributed by atoms with Crippen LogP contribution >= 0.6 is 15.9 Å². The van der Waals surface area contributed by atoms with Crippen LogP contribution < -0.4 is 5.73 Å². The molecule has 0 aliphatic heterocycles. The first-order valence-corrected chi connectivity index (χ1v) is 5.67. The molecule has 0 saturated carbocycles. The summed E-state index contributed by atoms with van der Waals surface area (Å²) >= 11 is 3.53. The number of hydrogen-bond donors (Lipinski definition) is 1. The Morgan fingerprint density at radius 2 is 2.12 bits per heavy atom. The topological polar surface area (TPSA) is 69.6 Å². The number of hydrogen-bond acceptors (Lipinski definition) is 4. The van der Waals surface area contributed by atoms with Crippen molar-refractivity contribution in [3.05, 3.63) is 33.6 Å². The summed E-state index contributed by atoms with van der Waals surface area (Å²) in [4.78, 5) is 0. The molecule has 0 spiro atoms. The van der Waals surface area contributed by atoms with E-state index in [0.29, 0.717) is 12.4 Å². The van der Waals surface area contributed by atoms with Crippen LogP contribution in [0.15, 0.2) is 16.6 Å². The summed E-state index contributed by atoms with van der Waals surface area (Å²) in [5.74, 6) is 0.646. The molecular formula is C10H12BrN5. The number of nitrogens with two attached hydrogens (primary N) is 1. The third-order valence-electron chi connectivity index (χ3n) is 2.33. The van der Waals surface area contributed by atoms with Gasteiger partial charge < -0.3 is 5.73 Å². The average molecular weight is 282 g/mol. The van der Waals surface area contributed by atoms with Crippen LogP contribution in [-0.2, 0) is 6.54 Å². The minimum absolute atomic E-state index is 0.312. The number of aryl methyl sites for hydroxylation is 2. The Morgan fingerprint density at radius 1 is 1.38 bits per heavy atom. The van der Waals surface area contributed by atoms with Gasteiger partial charge in [0.1, 0.15) is 0 Å². The molecule has 1 heterocycles. The number of halogens is 1. The highest BCUT2D eigenvalue weighted by atomic mass is 79.9. The summed E-state index contributed by atoms with van der Waals surface area (Å²) < 4.78 is 2.63. The first kappa shape index (κ1) is 11.2. The van der Waals surface area contributed by atoms with Crippen molar-refractivity contribution in [3.63, 3.8) is 0 Å². The fourth-order valence-electron chi connectivity index (χ4n) is 1.68. The van der Waals surface area contributed by atoms with E-state index in [-0.39, 0.29) is 0 Å². The Morgan fingerprint density at radius 3 is 2.75 bits per heavy atom. The first-order valence-electron chi connectivity index (χ1n) is 4.88. The van der Waals surface area contributed by atoms with E-state index in [0.717, 1.165) is 15.7 Å². The van der Waals surface area contributed by atoms with Crippen LogP contribution in [0, 0.1) is 13.8 Å². The van der Waals surface area contributed by atoms with Gasteiger partial charge >= 0.3 is 0 Å². The van der Waals surface area contributed by atoms with Crippen molar-refractivity contribution in [3.8, 4) is 5.69 Å². The normalized spacial score (nSPS) is 10.8. The summed E-state index contributed by atoms with van der Waals surface area (Å²) in [6, 6.07) is 4.12. The first-order chi connectivity index (χ1) is 7.63. The molecule has 0 amide bonds. The van der Waals surface area contributed by atoms with Crippen LogP contribution in [0.2, 0.25) is 0 Å². The van der Waals surface area contributed by atoms with Crippen LogP contribution in [0.5, 0.6) is 0 Å². The molecule has 0 atom stereocenters. The van der Waals surface area contributed by atoms with Gasteiger partial charge in [0.2, 0.25) is 0 Å². The number of tetrazole rings is 1. The molecule has 1 aromatic heterocycles. The number of aromatic nitrogens is 4. The van der Waals surface area contributed by atoms with Gasteiger partial charge in [-0.25, -0.2) is 0 Å². The summed E-state index contributed by atoms with van der Waals surface area (Å²) in [6.07, 6.45) is 0. The molecule has 0 aliphatic carbocycles. The summed E-state index contributed by atoms with van der Waals surface area (Å²) in [7, 11) is 0. The van der Waals surface area contributed by atoms with Crippen LogP contribution in [0.4, 0.5) is 0 Å². The van der Waals surface area contributed by atoms with Gasteiger partial charge in [0.25, 0.3) is 0 Å². The minimum atomic E-state index is 0.312. The molecule has 0 bridgehead atoms. The summed E-state index contributed by atoms with van der Waals surface area (Å²) in [6.45, 7) is 4.38. The second-order valence-corrected chi connectivity index (χ2v) is 4.48. The molecule has 0 unspecified atom stereocenters. The number of nitrogens with zero attached hydrogens (tertiary/aromatic N) is 4. The van der Waals surface area contributed by atoms with E-state index in [2.05, 4.69) is 37.5 Å². The largest absolute Gasteiger partial charge is 0.324 e. The maximum Gasteiger partial charge on any atom is 0.170 e. The standard InChI is InChI=1S/C10H12BrN5/c1-6-3-7(2)10(8(11)4-6)16-9(5-12)13-14-15-16/h3-4H,5,12H2,1-2H3. The van der Waals surface area contributed by atoms with Gasteiger partial charge in [-0.15, -0.1) is 5.10 Å². The fourth-order valence-corrected chi connectivity index (χ4v) is 2.52. The zero-order valence-electron chi connectivity index (χ0n) is 9.11. The Bertz CT molecular complexity index is 497. The van der Waals surface area contributed by atoms with Crippen molar-refractivity contribution in [2.45, 2.75) is 20.4 Å². The van der Waals surface area contributed by atoms with E-state index in [1.54, 1.807) is 4.68 Å². The van der Waals surface area contributed by atoms with E-state index in [1.165, 1.54) is 5.56 Å². The average Bonchev–Trinajstić information content (AvgIpc) is 2.64. The lowest BCUT2D eigenvalue weighted by atomic mass is 10.1. The van der Waals surface area contributed by atoms with Crippen molar-refractivity contribution in [1.82, 2.24) is 20.2 Å². The molecule has 0 radical (unpaired) electrons. The smallest absolute Gasteiger partial charge is 0.170 e. The second kappa shape index (κ2) is 4.31. The number of benzene rings is 1. The molecule has 5 nitrogen and oxygen atoms in total. The molecule has 0 fully saturated rings. The van der Waals surface area contributed by atoms with Gasteiger partial charge in [0, 0.05) is 4.47 Å². The van der Waals surface area contributed by atoms with Gasteiger partial charge in [0.05, 0.1) is 12.2 Å². The fraction of sp³-hybridized carbons (Fsp3) is 0.300. The highest BCUT2D eigenvalue weighted by molar-refractivity contribution is 9.10. The highest BCUT2D eigenvalue weighted by Crippen LogP contribution is 2.26. The Labute approximate surface area is 102 Å². The maximum absolute atomic E-state index is 5.58. The molecule has 16 heavy (non-hydrogen) atoms. The van der Waals surface area contributed by atoms with Crippen LogP contribution in [0.1, 0.15) is 17.0 Å². The van der Waals surface area contributed by atoms with Crippen LogP contribution in [0.3, 0.4) is 0 Å². The van der Waals surface area contributed by atoms with Gasteiger partial charge in [-0.3, -0.25) is 0 Å². The summed E-state index contributed by atoms with van der Waals surface area (Å²) in [5, 5.41) is 11.5. The van der Waals surface area contributed by atoms with Crippen molar-refractivity contribution in [2.24, 2.45) is 5.73 Å². The predicted octanol–water partition coefficient (Wildman–Crippen LogP) is 1.50. The Balaban J connectivity index is 2.64. The third-order valence-corrected chi connectivity index (χ3v) is 2.93. The SMILES string of the molecule is Cc1cc(C)c(-n2nnnc2CN)c(Br)c1. The lowest BCUT2D eigenvalue weighted by Crippen LogP contribution is -2.10. The molecule has 2 aromatic rings. The van der Waals surface area contributed by atoms with Gasteiger partial charge in [-0.1, -0.05) is 6.07 Å². The Hall–Kier alpha value is -1.27. The van der Waals surface area contributed by atoms with Crippen LogP contribution in [0.25, 0.3) is 5.69 Å². The lowest BCUT2D eigenvalue weighted by Gasteiger charge is -2.10. The van der Waals surface area contributed by atoms with Gasteiger partial charge in [-0.05, 0) is 57.4 Å². The zero-order chi connectivity index (χ0) is 11.7. The third kappa shape index (κ3) is 1.85. The lowest BCUT2D eigenvalue weighted by molar-refractivity contribution is 0.754. The molecule has 0 saturated heterocycles. The molecule has 1 aromatic carbocycles. The predicted molar refractivity (Wildman–Crippen MR) is 64.2 cm³/mol. The highest BCUT2D eigenvalue weighted by Gasteiger charge is 2.12. The van der Waals surface area contributed by atoms with Crippen molar-refractivity contribution >= 4 is 15.9 Å². The molecule has 0 aliphatic rings. The Kier molecular flexibility index (Phi) is 3.02. The zero-order valence-corrected chi connectivity index (χ0v) is 10.7. The molecule has 2 N–H and O–H groups in total. The van der Waals surface area contributed by atoms with Crippen LogP contribution in [-0.4, -0.2) is 20.2 Å². The van der Waals surface area contributed by atoms with E-state index in [1.807, 2.05) is 19.9 Å². The monoisotopic (exact) mass is 281 g/mol. The van der Waals surface area contributed by atoms with Crippen molar-refractivity contribution in [1.29, 1.82) is 0 Å². The summed E-state index contributed by atoms with van der Waals surface area (Å²) in [5.41, 5.74) is 8.82. The molecule has 6 heteroatoms. The second-order valence-electron chi connectivity index (χ2n) is 3.62. The maximum atomic E-state index is 5.58. The minimum Gasteiger partial charge on any atom is -0.324 e. The molecular weight excluding hydrogens is 270 g/mol.